The van der Waals surface area contributed by atoms with Gasteiger partial charge < -0.3 is 10.0 Å². The van der Waals surface area contributed by atoms with Crippen LogP contribution in [0.5, 0.6) is 0 Å². The minimum absolute atomic E-state index is 0.0621. The number of carbonyl (C=O) groups excluding carboxylic acids is 1. The quantitative estimate of drug-likeness (QED) is 0.892. The van der Waals surface area contributed by atoms with Gasteiger partial charge in [-0.3, -0.25) is 14.4 Å². The molecule has 1 amide bonds. The number of aliphatic hydroxyl groups is 1. The third kappa shape index (κ3) is 3.43. The van der Waals surface area contributed by atoms with Gasteiger partial charge in [-0.15, -0.1) is 0 Å². The molecule has 6 nitrogen and oxygen atoms in total. The average Bonchev–Trinajstić information content (AvgIpc) is 3.15. The monoisotopic (exact) mass is 320 g/mol. The van der Waals surface area contributed by atoms with E-state index < -0.39 is 0 Å². The van der Waals surface area contributed by atoms with E-state index in [2.05, 4.69) is 30.8 Å². The Labute approximate surface area is 138 Å². The van der Waals surface area contributed by atoms with E-state index >= 15 is 0 Å². The normalized spacial score (nSPS) is 26.7. The van der Waals surface area contributed by atoms with E-state index in [9.17, 15) is 9.90 Å². The Hall–Kier alpha value is -1.40. The molecule has 0 spiro atoms. The smallest absolute Gasteiger partial charge is 0.257 e. The molecule has 3 rings (SSSR count). The maximum Gasteiger partial charge on any atom is 0.257 e. The van der Waals surface area contributed by atoms with Gasteiger partial charge in [0.05, 0.1) is 23.4 Å². The molecule has 1 aromatic heterocycles. The lowest BCUT2D eigenvalue weighted by Gasteiger charge is -2.39. The Morgan fingerprint density at radius 3 is 2.43 bits per heavy atom. The van der Waals surface area contributed by atoms with Crippen LogP contribution in [0, 0.1) is 0 Å². The van der Waals surface area contributed by atoms with Gasteiger partial charge in [-0.05, 0) is 40.0 Å². The van der Waals surface area contributed by atoms with Crippen LogP contribution < -0.4 is 0 Å². The van der Waals surface area contributed by atoms with Crippen molar-refractivity contribution in [3.63, 3.8) is 0 Å². The van der Waals surface area contributed by atoms with Crippen LogP contribution in [0.3, 0.4) is 0 Å². The molecule has 128 valence electrons. The summed E-state index contributed by atoms with van der Waals surface area (Å²) in [4.78, 5) is 16.9. The van der Waals surface area contributed by atoms with Crippen LogP contribution >= 0.6 is 0 Å². The highest BCUT2D eigenvalue weighted by Gasteiger charge is 2.33. The van der Waals surface area contributed by atoms with Crippen molar-refractivity contribution in [2.75, 3.05) is 26.2 Å². The van der Waals surface area contributed by atoms with Crippen molar-refractivity contribution in [1.29, 1.82) is 0 Å². The van der Waals surface area contributed by atoms with Crippen molar-refractivity contribution >= 4 is 5.91 Å². The zero-order valence-corrected chi connectivity index (χ0v) is 14.4. The zero-order valence-electron chi connectivity index (χ0n) is 14.4. The van der Waals surface area contributed by atoms with Crippen LogP contribution in [-0.2, 0) is 5.54 Å². The van der Waals surface area contributed by atoms with Gasteiger partial charge in [-0.2, -0.15) is 5.10 Å². The second kappa shape index (κ2) is 6.24. The van der Waals surface area contributed by atoms with Gasteiger partial charge in [0.1, 0.15) is 0 Å². The van der Waals surface area contributed by atoms with Crippen LogP contribution in [0.15, 0.2) is 12.4 Å². The van der Waals surface area contributed by atoms with Crippen molar-refractivity contribution in [3.8, 4) is 0 Å². The number of carbonyl (C=O) groups is 1. The second-order valence-electron chi connectivity index (χ2n) is 7.74. The number of aromatic nitrogens is 2. The number of aliphatic hydroxyl groups excluding tert-OH is 1. The molecular formula is C17H28N4O2. The molecule has 2 atom stereocenters. The zero-order chi connectivity index (χ0) is 16.6. The van der Waals surface area contributed by atoms with Gasteiger partial charge in [0.15, 0.2) is 0 Å². The second-order valence-corrected chi connectivity index (χ2v) is 7.74. The van der Waals surface area contributed by atoms with Crippen LogP contribution in [0.4, 0.5) is 0 Å². The fourth-order valence-electron chi connectivity index (χ4n) is 3.59. The number of amides is 1. The third-order valence-corrected chi connectivity index (χ3v) is 5.03. The molecule has 0 radical (unpaired) electrons. The molecule has 6 heteroatoms. The van der Waals surface area contributed by atoms with E-state index in [1.54, 1.807) is 6.20 Å². The van der Waals surface area contributed by atoms with Crippen LogP contribution in [-0.4, -0.2) is 68.9 Å². The summed E-state index contributed by atoms with van der Waals surface area (Å²) in [6.07, 6.45) is 6.42. The number of hydrogen-bond acceptors (Lipinski definition) is 4. The first-order chi connectivity index (χ1) is 10.9. The first-order valence-corrected chi connectivity index (χ1v) is 8.63. The molecule has 1 saturated carbocycles. The van der Waals surface area contributed by atoms with Gasteiger partial charge in [0, 0.05) is 38.4 Å². The first kappa shape index (κ1) is 16.5. The summed E-state index contributed by atoms with van der Waals surface area (Å²) in [6, 6.07) is 0.288. The van der Waals surface area contributed by atoms with E-state index in [4.69, 9.17) is 0 Å². The highest BCUT2D eigenvalue weighted by molar-refractivity contribution is 5.93. The van der Waals surface area contributed by atoms with Crippen molar-refractivity contribution in [1.82, 2.24) is 19.6 Å². The SMILES string of the molecule is CC(C)(C)n1cc(C(=O)N2CCN([C@@H]3CCC[C@H]3O)CC2)cn1. The molecule has 2 aliphatic rings. The van der Waals surface area contributed by atoms with Gasteiger partial charge in [0.25, 0.3) is 5.91 Å². The van der Waals surface area contributed by atoms with E-state index in [0.717, 1.165) is 45.4 Å². The van der Waals surface area contributed by atoms with Crippen molar-refractivity contribution in [2.45, 2.75) is 57.7 Å². The largest absolute Gasteiger partial charge is 0.391 e. The van der Waals surface area contributed by atoms with Gasteiger partial charge in [-0.1, -0.05) is 0 Å². The fourth-order valence-corrected chi connectivity index (χ4v) is 3.59. The van der Waals surface area contributed by atoms with Crippen LogP contribution in [0.2, 0.25) is 0 Å². The number of hydrogen-bond donors (Lipinski definition) is 1. The molecule has 23 heavy (non-hydrogen) atoms. The maximum atomic E-state index is 12.6. The average molecular weight is 320 g/mol. The lowest BCUT2D eigenvalue weighted by atomic mass is 10.1. The van der Waals surface area contributed by atoms with Crippen LogP contribution in [0.25, 0.3) is 0 Å². The van der Waals surface area contributed by atoms with Gasteiger partial charge >= 0.3 is 0 Å². The number of nitrogens with zero attached hydrogens (tertiary/aromatic N) is 4. The highest BCUT2D eigenvalue weighted by Crippen LogP contribution is 2.25. The Morgan fingerprint density at radius 2 is 1.91 bits per heavy atom. The molecule has 1 saturated heterocycles. The lowest BCUT2D eigenvalue weighted by molar-refractivity contribution is 0.0315. The molecule has 2 heterocycles. The predicted octanol–water partition coefficient (Wildman–Crippen LogP) is 1.31. The molecule has 2 fully saturated rings. The van der Waals surface area contributed by atoms with Crippen LogP contribution in [0.1, 0.15) is 50.4 Å². The van der Waals surface area contributed by atoms with E-state index in [1.165, 1.54) is 0 Å². The van der Waals surface area contributed by atoms with Gasteiger partial charge in [-0.25, -0.2) is 0 Å². The molecular weight excluding hydrogens is 292 g/mol. The molecule has 0 bridgehead atoms. The number of piperazine rings is 1. The Balaban J connectivity index is 1.59. The molecule has 1 aromatic rings. The van der Waals surface area contributed by atoms with E-state index in [-0.39, 0.29) is 23.6 Å². The Kier molecular flexibility index (Phi) is 4.47. The predicted molar refractivity (Wildman–Crippen MR) is 88.3 cm³/mol. The molecule has 0 unspecified atom stereocenters. The maximum absolute atomic E-state index is 12.6. The standard InChI is InChI=1S/C17H28N4O2/c1-17(2,3)21-12-13(11-18-21)16(23)20-9-7-19(8-10-20)14-5-4-6-15(14)22/h11-12,14-15,22H,4-10H2,1-3H3/t14-,15-/m1/s1. The third-order valence-electron chi connectivity index (χ3n) is 5.03. The summed E-state index contributed by atoms with van der Waals surface area (Å²) >= 11 is 0. The fraction of sp³-hybridized carbons (Fsp3) is 0.765. The summed E-state index contributed by atoms with van der Waals surface area (Å²) in [5, 5.41) is 14.4. The van der Waals surface area contributed by atoms with Crippen molar-refractivity contribution in [2.24, 2.45) is 0 Å². The highest BCUT2D eigenvalue weighted by atomic mass is 16.3. The summed E-state index contributed by atoms with van der Waals surface area (Å²) < 4.78 is 1.84. The van der Waals surface area contributed by atoms with Gasteiger partial charge in [0.2, 0.25) is 0 Å². The molecule has 1 aliphatic heterocycles. The van der Waals surface area contributed by atoms with Crippen molar-refractivity contribution in [3.05, 3.63) is 18.0 Å². The Morgan fingerprint density at radius 1 is 1.22 bits per heavy atom. The summed E-state index contributed by atoms with van der Waals surface area (Å²) in [7, 11) is 0. The summed E-state index contributed by atoms with van der Waals surface area (Å²) in [5.41, 5.74) is 0.546. The topological polar surface area (TPSA) is 61.6 Å². The lowest BCUT2D eigenvalue weighted by Crippen LogP contribution is -2.53. The molecule has 1 N–H and O–H groups in total. The summed E-state index contributed by atoms with van der Waals surface area (Å²) in [5.74, 6) is 0.0621. The number of rotatable bonds is 2. The van der Waals surface area contributed by atoms with E-state index in [1.807, 2.05) is 15.8 Å². The van der Waals surface area contributed by atoms with Crippen molar-refractivity contribution < 1.29 is 9.90 Å². The first-order valence-electron chi connectivity index (χ1n) is 8.63. The minimum Gasteiger partial charge on any atom is -0.391 e. The summed E-state index contributed by atoms with van der Waals surface area (Å²) in [6.45, 7) is 9.35. The Bertz CT molecular complexity index is 555. The minimum atomic E-state index is -0.192. The molecule has 0 aromatic carbocycles. The van der Waals surface area contributed by atoms with E-state index in [0.29, 0.717) is 5.56 Å². The molecule has 1 aliphatic carbocycles.